The van der Waals surface area contributed by atoms with Gasteiger partial charge in [-0.3, -0.25) is 9.59 Å². The van der Waals surface area contributed by atoms with Crippen LogP contribution in [0.3, 0.4) is 0 Å². The summed E-state index contributed by atoms with van der Waals surface area (Å²) >= 11 is 0. The number of ketones is 2. The fraction of sp³-hybridized carbons (Fsp3) is 0.521. The molecule has 6 aromatic rings. The van der Waals surface area contributed by atoms with E-state index in [2.05, 4.69) is 185 Å². The number of esters is 2. The summed E-state index contributed by atoms with van der Waals surface area (Å²) in [4.78, 5) is 58.2. The van der Waals surface area contributed by atoms with E-state index in [9.17, 15) is 9.59 Å². The zero-order chi connectivity index (χ0) is 81.4. The Bertz CT molecular complexity index is 4020. The highest BCUT2D eigenvalue weighted by Gasteiger charge is 2.65. The molecule has 11 rings (SSSR count). The molecule has 5 fully saturated rings. The first-order chi connectivity index (χ1) is 54.8. The molecule has 0 aromatic heterocycles. The number of rotatable bonds is 39. The number of carbonyl (C=O) groups excluding carboxylic acids is 4. The van der Waals surface area contributed by atoms with Crippen molar-refractivity contribution in [2.24, 2.45) is 5.92 Å². The van der Waals surface area contributed by atoms with Crippen LogP contribution in [0, 0.1) is 5.92 Å². The van der Waals surface area contributed by atoms with Gasteiger partial charge in [-0.1, -0.05) is 233 Å². The fourth-order valence-electron chi connectivity index (χ4n) is 18.5. The molecular formula is C94H124O17Si3. The highest BCUT2D eigenvalue weighted by atomic mass is 28.4. The first-order valence-corrected chi connectivity index (χ1v) is 47.8. The lowest BCUT2D eigenvalue weighted by molar-refractivity contribution is -0.254. The Hall–Kier alpha value is -6.93. The van der Waals surface area contributed by atoms with E-state index in [1.54, 1.807) is 69.9 Å². The molecule has 5 saturated heterocycles. The van der Waals surface area contributed by atoms with Crippen molar-refractivity contribution in [1.82, 2.24) is 0 Å². The van der Waals surface area contributed by atoms with Gasteiger partial charge in [0.25, 0.3) is 16.6 Å². The maximum absolute atomic E-state index is 15.4. The van der Waals surface area contributed by atoms with Crippen LogP contribution < -0.4 is 20.7 Å². The van der Waals surface area contributed by atoms with Gasteiger partial charge in [0.05, 0.1) is 60.0 Å². The van der Waals surface area contributed by atoms with E-state index in [4.69, 9.17) is 60.6 Å². The Morgan fingerprint density at radius 3 is 1.54 bits per heavy atom. The molecule has 5 heterocycles. The summed E-state index contributed by atoms with van der Waals surface area (Å²) in [7, 11) is -4.19. The van der Waals surface area contributed by atoms with E-state index in [0.29, 0.717) is 36.8 Å². The average molecular weight is 1610 g/mol. The summed E-state index contributed by atoms with van der Waals surface area (Å²) in [6, 6.07) is 62.7. The molecule has 17 nitrogen and oxygen atoms in total. The van der Waals surface area contributed by atoms with Gasteiger partial charge in [0.1, 0.15) is 54.8 Å². The van der Waals surface area contributed by atoms with E-state index in [1.807, 2.05) is 36.4 Å². The predicted octanol–water partition coefficient (Wildman–Crippen LogP) is 15.9. The second-order valence-electron chi connectivity index (χ2n) is 33.9. The van der Waals surface area contributed by atoms with Crippen molar-refractivity contribution in [3.05, 3.63) is 223 Å². The van der Waals surface area contributed by atoms with Crippen molar-refractivity contribution in [2.45, 2.75) is 279 Å². The Morgan fingerprint density at radius 1 is 0.526 bits per heavy atom. The van der Waals surface area contributed by atoms with Crippen molar-refractivity contribution >= 4 is 69.2 Å². The van der Waals surface area contributed by atoms with Crippen LogP contribution in [0.1, 0.15) is 173 Å². The summed E-state index contributed by atoms with van der Waals surface area (Å²) in [5, 5.41) is 3.31. The SMILES string of the molecule is C=C=C(C)C[C@H](CC[C@@H]1O[C@@H](CCC(=O)C[C@H]2O[C@H]3[C@@H](O[Si](c4ccccc4)(c4ccccc4)C(C)(C)C)[C@H]4O[C@@H](CC(=O)C[C@@H]5[C@@H](OC)[C@@H](C[C@@H](COC(=O)c6ccccc6)OC(=O)c6ccccc6)O[C@H]5CC(OC)OC)CC[C@@H]4O[C@H]3[C@H]2O[Si](c2ccccc2)(c2ccccc2)C(C)(C)C)CC1=C)O[Si](CC)(CC)CC. The molecule has 0 bridgehead atoms. The summed E-state index contributed by atoms with van der Waals surface area (Å²) in [6.45, 7) is 30.7. The maximum atomic E-state index is 15.4. The Kier molecular flexibility index (Phi) is 30.9. The molecule has 0 unspecified atom stereocenters. The lowest BCUT2D eigenvalue weighted by Gasteiger charge is -2.53. The molecule has 6 aromatic carbocycles. The van der Waals surface area contributed by atoms with Gasteiger partial charge < -0.3 is 60.6 Å². The molecule has 114 heavy (non-hydrogen) atoms. The molecule has 0 amide bonds. The van der Waals surface area contributed by atoms with Crippen LogP contribution in [-0.2, 0) is 70.2 Å². The van der Waals surface area contributed by atoms with E-state index in [0.717, 1.165) is 69.3 Å². The molecule has 5 aliphatic heterocycles. The number of carbonyl (C=O) groups is 4. The van der Waals surface area contributed by atoms with Crippen molar-refractivity contribution < 1.29 is 79.8 Å². The molecule has 0 spiro atoms. The molecule has 16 atom stereocenters. The van der Waals surface area contributed by atoms with Gasteiger partial charge in [0.15, 0.2) is 14.6 Å². The second-order valence-corrected chi connectivity index (χ2v) is 47.2. The Morgan fingerprint density at radius 2 is 1.04 bits per heavy atom. The predicted molar refractivity (Wildman–Crippen MR) is 452 cm³/mol. The van der Waals surface area contributed by atoms with E-state index >= 15 is 9.59 Å². The van der Waals surface area contributed by atoms with Crippen LogP contribution in [0.15, 0.2) is 212 Å². The van der Waals surface area contributed by atoms with Gasteiger partial charge in [-0.05, 0) is 130 Å². The lowest BCUT2D eigenvalue weighted by Crippen LogP contribution is -2.73. The average Bonchev–Trinajstić information content (AvgIpc) is 1.37. The van der Waals surface area contributed by atoms with Crippen molar-refractivity contribution in [1.29, 1.82) is 0 Å². The fourth-order valence-corrected chi connectivity index (χ4v) is 30.8. The Balaban J connectivity index is 0.914. The zero-order valence-corrected chi connectivity index (χ0v) is 72.5. The van der Waals surface area contributed by atoms with Gasteiger partial charge in [0, 0.05) is 78.3 Å². The first-order valence-electron chi connectivity index (χ1n) is 41.5. The molecule has 20 heteroatoms. The third-order valence-electron chi connectivity index (χ3n) is 24.6. The van der Waals surface area contributed by atoms with Gasteiger partial charge in [0.2, 0.25) is 0 Å². The topological polar surface area (TPSA) is 188 Å². The standard InChI is InChI=1S/C94H124O17Si3/c1-16-64(5)56-72(109-112(17-2,18-3)19-4)53-54-79-65(6)57-70(103-79)51-50-68(95)60-82-87(110-113(93(7,8)9,74-42-30-22-31-43-74)75-44-32-23-33-45-75)88-89(108-82)90(111-114(94(10,11)12,76-46-34-24-35-47-76)77-48-36-25-37-49-77)86-80(107-88)55-52-71(104-86)58-69(96)59-78-81(62-84(99-13)100-14)106-83(85(78)101-15)61-73(105-92(98)67-40-28-21-29-41-67)63-102-91(97)66-38-26-20-27-39-66/h20-49,70-73,78-90H,1,6,17-19,50-63H2,2-5,7-15H3/t70-,71+,72-,73-,78-,79-,80-,81-,82+,83+,85+,86-,87-,88-,89+,90-/m0/s1. The van der Waals surface area contributed by atoms with E-state index < -0.39 is 132 Å². The number of ether oxygens (including phenoxy) is 10. The van der Waals surface area contributed by atoms with E-state index in [-0.39, 0.29) is 75.0 Å². The van der Waals surface area contributed by atoms with Crippen LogP contribution in [-0.4, -0.2) is 174 Å². The summed E-state index contributed by atoms with van der Waals surface area (Å²) in [5.41, 5.74) is 5.92. The highest BCUT2D eigenvalue weighted by Crippen LogP contribution is 2.49. The largest absolute Gasteiger partial charge is 0.458 e. The van der Waals surface area contributed by atoms with Gasteiger partial charge in [-0.2, -0.15) is 0 Å². The maximum Gasteiger partial charge on any atom is 0.338 e. The minimum Gasteiger partial charge on any atom is -0.458 e. The quantitative estimate of drug-likeness (QED) is 0.0116. The summed E-state index contributed by atoms with van der Waals surface area (Å²) in [5.74, 6) is -1.77. The normalized spacial score (nSPS) is 25.1. The highest BCUT2D eigenvalue weighted by molar-refractivity contribution is 7.00. The first kappa shape index (κ1) is 87.9. The number of hydrogen-bond donors (Lipinski definition) is 0. The third kappa shape index (κ3) is 20.6. The second kappa shape index (κ2) is 40.0. The molecule has 614 valence electrons. The Labute approximate surface area is 680 Å². The van der Waals surface area contributed by atoms with Crippen molar-refractivity contribution in [3.63, 3.8) is 0 Å². The number of Topliss-reactive ketones (excluding diaryl/α,β-unsaturated/α-hetero) is 2. The minimum atomic E-state index is -3.51. The zero-order valence-electron chi connectivity index (χ0n) is 69.5. The van der Waals surface area contributed by atoms with Gasteiger partial charge in [-0.15, -0.1) is 5.73 Å². The number of fused-ring (bicyclic) bond motifs is 2. The van der Waals surface area contributed by atoms with Crippen LogP contribution >= 0.6 is 0 Å². The van der Waals surface area contributed by atoms with Crippen LogP contribution in [0.25, 0.3) is 0 Å². The molecule has 5 aliphatic rings. The smallest absolute Gasteiger partial charge is 0.338 e. The monoisotopic (exact) mass is 1610 g/mol. The third-order valence-corrected chi connectivity index (χ3v) is 39.4. The number of methoxy groups -OCH3 is 3. The number of hydrogen-bond acceptors (Lipinski definition) is 17. The van der Waals surface area contributed by atoms with Crippen LogP contribution in [0.2, 0.25) is 28.2 Å². The van der Waals surface area contributed by atoms with Crippen LogP contribution in [0.4, 0.5) is 0 Å². The molecule has 0 radical (unpaired) electrons. The van der Waals surface area contributed by atoms with Crippen molar-refractivity contribution in [2.75, 3.05) is 27.9 Å². The van der Waals surface area contributed by atoms with Crippen molar-refractivity contribution in [3.8, 4) is 0 Å². The number of benzene rings is 6. The lowest BCUT2D eigenvalue weighted by atomic mass is 9.85. The molecule has 0 aliphatic carbocycles. The van der Waals surface area contributed by atoms with Crippen LogP contribution in [0.5, 0.6) is 0 Å². The molecule has 0 N–H and O–H groups in total. The minimum absolute atomic E-state index is 0.0248. The molecular weight excluding hydrogens is 1490 g/mol. The summed E-state index contributed by atoms with van der Waals surface area (Å²) < 4.78 is 90.7. The van der Waals surface area contributed by atoms with Gasteiger partial charge >= 0.3 is 11.9 Å². The van der Waals surface area contributed by atoms with Gasteiger partial charge in [-0.25, -0.2) is 9.59 Å². The molecule has 0 saturated carbocycles. The summed E-state index contributed by atoms with van der Waals surface area (Å²) in [6.07, 6.45) is -4.78. The van der Waals surface area contributed by atoms with E-state index in [1.165, 1.54) is 0 Å².